The maximum absolute atomic E-state index is 6.29. The Morgan fingerprint density at radius 3 is 2.93 bits per heavy atom. The van der Waals surface area contributed by atoms with Gasteiger partial charge < -0.3 is 10.3 Å². The van der Waals surface area contributed by atoms with E-state index in [0.717, 1.165) is 30.9 Å². The summed E-state index contributed by atoms with van der Waals surface area (Å²) in [4.78, 5) is 0. The van der Waals surface area contributed by atoms with Crippen LogP contribution in [0.5, 0.6) is 0 Å². The second kappa shape index (κ2) is 2.57. The summed E-state index contributed by atoms with van der Waals surface area (Å²) in [5.41, 5.74) is 6.35. The van der Waals surface area contributed by atoms with Crippen molar-refractivity contribution in [2.75, 3.05) is 0 Å². The largest absolute Gasteiger partial charge is 0.323 e. The second-order valence-electron chi connectivity index (χ2n) is 4.67. The highest BCUT2D eigenvalue weighted by Crippen LogP contribution is 2.46. The van der Waals surface area contributed by atoms with Crippen LogP contribution in [-0.4, -0.2) is 20.3 Å². The van der Waals surface area contributed by atoms with Crippen molar-refractivity contribution < 1.29 is 0 Å². The van der Waals surface area contributed by atoms with E-state index in [4.69, 9.17) is 5.73 Å². The number of aryl methyl sites for hydroxylation is 2. The number of fused-ring (bicyclic) bond motifs is 1. The molecule has 4 nitrogen and oxygen atoms in total. The fourth-order valence-electron chi connectivity index (χ4n) is 2.59. The van der Waals surface area contributed by atoms with E-state index >= 15 is 0 Å². The number of hydrogen-bond acceptors (Lipinski definition) is 3. The van der Waals surface area contributed by atoms with Gasteiger partial charge in [-0.05, 0) is 32.6 Å². The van der Waals surface area contributed by atoms with Gasteiger partial charge in [-0.1, -0.05) is 0 Å². The third-order valence-corrected chi connectivity index (χ3v) is 3.62. The zero-order valence-corrected chi connectivity index (χ0v) is 8.53. The first kappa shape index (κ1) is 8.41. The minimum atomic E-state index is 0.0578. The molecule has 3 rings (SSSR count). The van der Waals surface area contributed by atoms with Crippen LogP contribution >= 0.6 is 0 Å². The van der Waals surface area contributed by atoms with Crippen molar-refractivity contribution in [2.24, 2.45) is 5.73 Å². The molecule has 2 aliphatic rings. The van der Waals surface area contributed by atoms with Crippen LogP contribution in [0.1, 0.15) is 43.4 Å². The van der Waals surface area contributed by atoms with E-state index in [0.29, 0.717) is 6.04 Å². The van der Waals surface area contributed by atoms with Crippen LogP contribution in [0.25, 0.3) is 0 Å². The molecule has 0 saturated heterocycles. The monoisotopic (exact) mass is 192 g/mol. The molecule has 0 radical (unpaired) electrons. The van der Waals surface area contributed by atoms with E-state index in [1.807, 2.05) is 6.92 Å². The predicted molar refractivity (Wildman–Crippen MR) is 52.9 cm³/mol. The Hall–Kier alpha value is -0.900. The van der Waals surface area contributed by atoms with Gasteiger partial charge in [0.2, 0.25) is 0 Å². The number of hydrogen-bond donors (Lipinski definition) is 1. The fraction of sp³-hybridized carbons (Fsp3) is 0.800. The van der Waals surface area contributed by atoms with E-state index in [-0.39, 0.29) is 5.54 Å². The summed E-state index contributed by atoms with van der Waals surface area (Å²) < 4.78 is 2.27. The van der Waals surface area contributed by atoms with E-state index in [2.05, 4.69) is 14.8 Å². The van der Waals surface area contributed by atoms with E-state index < -0.39 is 0 Å². The molecule has 0 amide bonds. The average Bonchev–Trinajstić information content (AvgIpc) is 2.83. The summed E-state index contributed by atoms with van der Waals surface area (Å²) in [6.07, 6.45) is 5.79. The smallest absolute Gasteiger partial charge is 0.133 e. The van der Waals surface area contributed by atoms with E-state index in [1.165, 1.54) is 12.8 Å². The molecule has 14 heavy (non-hydrogen) atoms. The number of rotatable bonds is 1. The fourth-order valence-corrected chi connectivity index (χ4v) is 2.59. The summed E-state index contributed by atoms with van der Waals surface area (Å²) in [5.74, 6) is 2.16. The SMILES string of the molecule is Cc1nnc2n1C(C1(N)CC1)CCC2. The lowest BCUT2D eigenvalue weighted by Crippen LogP contribution is -2.37. The zero-order chi connectivity index (χ0) is 9.76. The molecule has 1 aliphatic heterocycles. The standard InChI is InChI=1S/C10H16N4/c1-7-12-13-9-4-2-3-8(14(7)9)10(11)5-6-10/h8H,2-6,11H2,1H3. The van der Waals surface area contributed by atoms with Crippen LogP contribution in [0.2, 0.25) is 0 Å². The molecule has 1 aromatic rings. The van der Waals surface area contributed by atoms with Crippen LogP contribution in [-0.2, 0) is 6.42 Å². The van der Waals surface area contributed by atoms with Crippen LogP contribution in [0, 0.1) is 6.92 Å². The molecule has 2 heterocycles. The van der Waals surface area contributed by atoms with Gasteiger partial charge in [0.1, 0.15) is 11.6 Å². The third-order valence-electron chi connectivity index (χ3n) is 3.62. The van der Waals surface area contributed by atoms with Gasteiger partial charge >= 0.3 is 0 Å². The highest BCUT2D eigenvalue weighted by molar-refractivity contribution is 5.13. The lowest BCUT2D eigenvalue weighted by Gasteiger charge is -2.30. The van der Waals surface area contributed by atoms with Gasteiger partial charge in [-0.3, -0.25) is 0 Å². The average molecular weight is 192 g/mol. The molecule has 4 heteroatoms. The Labute approximate surface area is 83.5 Å². The van der Waals surface area contributed by atoms with Gasteiger partial charge in [0.05, 0.1) is 6.04 Å². The first-order valence-electron chi connectivity index (χ1n) is 5.40. The van der Waals surface area contributed by atoms with Crippen LogP contribution in [0.15, 0.2) is 0 Å². The van der Waals surface area contributed by atoms with E-state index in [1.54, 1.807) is 0 Å². The molecule has 1 unspecified atom stereocenters. The summed E-state index contributed by atoms with van der Waals surface area (Å²) in [6.45, 7) is 2.03. The normalized spacial score (nSPS) is 28.6. The molecular weight excluding hydrogens is 176 g/mol. The molecule has 76 valence electrons. The Balaban J connectivity index is 2.05. The molecule has 1 aliphatic carbocycles. The number of nitrogens with zero attached hydrogens (tertiary/aromatic N) is 3. The molecular formula is C10H16N4. The van der Waals surface area contributed by atoms with Crippen molar-refractivity contribution in [2.45, 2.75) is 50.6 Å². The van der Waals surface area contributed by atoms with Crippen molar-refractivity contribution in [1.29, 1.82) is 0 Å². The molecule has 2 N–H and O–H groups in total. The Morgan fingerprint density at radius 2 is 2.21 bits per heavy atom. The lowest BCUT2D eigenvalue weighted by molar-refractivity contribution is 0.318. The summed E-state index contributed by atoms with van der Waals surface area (Å²) in [5, 5.41) is 8.35. The molecule has 0 spiro atoms. The molecule has 1 atom stereocenters. The lowest BCUT2D eigenvalue weighted by atomic mass is 9.96. The third kappa shape index (κ3) is 1.03. The second-order valence-corrected chi connectivity index (χ2v) is 4.67. The quantitative estimate of drug-likeness (QED) is 0.721. The number of aromatic nitrogens is 3. The van der Waals surface area contributed by atoms with Gasteiger partial charge in [-0.2, -0.15) is 0 Å². The van der Waals surface area contributed by atoms with Gasteiger partial charge in [0.25, 0.3) is 0 Å². The Kier molecular flexibility index (Phi) is 1.54. The molecule has 0 aromatic carbocycles. The minimum Gasteiger partial charge on any atom is -0.323 e. The zero-order valence-electron chi connectivity index (χ0n) is 8.53. The van der Waals surface area contributed by atoms with Gasteiger partial charge in [-0.25, -0.2) is 0 Å². The van der Waals surface area contributed by atoms with Crippen molar-refractivity contribution >= 4 is 0 Å². The maximum atomic E-state index is 6.29. The molecule has 1 saturated carbocycles. The molecule has 1 fully saturated rings. The van der Waals surface area contributed by atoms with Gasteiger partial charge in [0.15, 0.2) is 0 Å². The summed E-state index contributed by atoms with van der Waals surface area (Å²) >= 11 is 0. The summed E-state index contributed by atoms with van der Waals surface area (Å²) in [7, 11) is 0. The molecule has 0 bridgehead atoms. The van der Waals surface area contributed by atoms with E-state index in [9.17, 15) is 0 Å². The van der Waals surface area contributed by atoms with Crippen molar-refractivity contribution in [3.8, 4) is 0 Å². The Morgan fingerprint density at radius 1 is 1.43 bits per heavy atom. The van der Waals surface area contributed by atoms with Crippen LogP contribution in [0.3, 0.4) is 0 Å². The maximum Gasteiger partial charge on any atom is 0.133 e. The predicted octanol–water partition coefficient (Wildman–Crippen LogP) is 0.955. The van der Waals surface area contributed by atoms with Crippen molar-refractivity contribution in [3.63, 3.8) is 0 Å². The Bertz CT molecular complexity index is 364. The van der Waals surface area contributed by atoms with Crippen LogP contribution in [0.4, 0.5) is 0 Å². The first-order chi connectivity index (χ1) is 6.71. The minimum absolute atomic E-state index is 0.0578. The van der Waals surface area contributed by atoms with Crippen molar-refractivity contribution in [1.82, 2.24) is 14.8 Å². The van der Waals surface area contributed by atoms with Crippen molar-refractivity contribution in [3.05, 3.63) is 11.6 Å². The molecule has 1 aromatic heterocycles. The topological polar surface area (TPSA) is 56.7 Å². The summed E-state index contributed by atoms with van der Waals surface area (Å²) in [6, 6.07) is 0.459. The van der Waals surface area contributed by atoms with Gasteiger partial charge in [-0.15, -0.1) is 10.2 Å². The first-order valence-corrected chi connectivity index (χ1v) is 5.40. The van der Waals surface area contributed by atoms with Gasteiger partial charge in [0, 0.05) is 12.0 Å². The highest BCUT2D eigenvalue weighted by atomic mass is 15.3. The van der Waals surface area contributed by atoms with Crippen LogP contribution < -0.4 is 5.73 Å². The number of nitrogens with two attached hydrogens (primary N) is 1. The highest BCUT2D eigenvalue weighted by Gasteiger charge is 2.48.